The van der Waals surface area contributed by atoms with Crippen molar-refractivity contribution < 1.29 is 5.11 Å². The number of thioether (sulfide) groups is 1. The number of aliphatic imine (C=N–C) groups is 1. The Morgan fingerprint density at radius 2 is 1.79 bits per heavy atom. The molecule has 3 aromatic rings. The van der Waals surface area contributed by atoms with Crippen molar-refractivity contribution >= 4 is 29.4 Å². The van der Waals surface area contributed by atoms with Gasteiger partial charge in [-0.1, -0.05) is 36.4 Å². The lowest BCUT2D eigenvalue weighted by Gasteiger charge is -2.39. The van der Waals surface area contributed by atoms with E-state index < -0.39 is 0 Å². The smallest absolute Gasteiger partial charge is 0.139 e. The largest absolute Gasteiger partial charge is 0.506 e. The molecule has 0 fully saturated rings. The summed E-state index contributed by atoms with van der Waals surface area (Å²) < 4.78 is 0. The first-order valence-electron chi connectivity index (χ1n) is 9.27. The third kappa shape index (κ3) is 3.08. The first-order valence-corrected chi connectivity index (χ1v) is 10.2. The van der Waals surface area contributed by atoms with E-state index in [1.165, 1.54) is 4.90 Å². The van der Waals surface area contributed by atoms with Gasteiger partial charge in [-0.15, -0.1) is 11.8 Å². The Labute approximate surface area is 168 Å². The van der Waals surface area contributed by atoms with Gasteiger partial charge in [0.15, 0.2) is 0 Å². The number of amidine groups is 1. The normalized spacial score (nSPS) is 20.3. The van der Waals surface area contributed by atoms with Gasteiger partial charge in [0.2, 0.25) is 0 Å². The number of phenolic OH excluding ortho intramolecular Hbond substituents is 1. The quantitative estimate of drug-likeness (QED) is 0.694. The maximum absolute atomic E-state index is 10.5. The van der Waals surface area contributed by atoms with E-state index in [9.17, 15) is 5.11 Å². The molecular formula is C23H19N3OS. The van der Waals surface area contributed by atoms with Crippen LogP contribution in [-0.2, 0) is 0 Å². The van der Waals surface area contributed by atoms with Gasteiger partial charge in [-0.25, -0.2) is 0 Å². The molecule has 0 aliphatic carbocycles. The number of aromatic nitrogens is 1. The van der Waals surface area contributed by atoms with Crippen LogP contribution in [0.3, 0.4) is 0 Å². The van der Waals surface area contributed by atoms with E-state index in [2.05, 4.69) is 34.1 Å². The molecule has 5 rings (SSSR count). The Balaban J connectivity index is 1.58. The van der Waals surface area contributed by atoms with Gasteiger partial charge >= 0.3 is 0 Å². The number of benzene rings is 2. The zero-order valence-corrected chi connectivity index (χ0v) is 16.0. The molecule has 4 nitrogen and oxygen atoms in total. The molecule has 2 aliphatic heterocycles. The average molecular weight is 385 g/mol. The minimum Gasteiger partial charge on any atom is -0.506 e. The molecule has 0 spiro atoms. The Kier molecular flexibility index (Phi) is 4.37. The van der Waals surface area contributed by atoms with Gasteiger partial charge in [0.25, 0.3) is 0 Å². The van der Waals surface area contributed by atoms with Gasteiger partial charge in [-0.2, -0.15) is 0 Å². The molecule has 0 bridgehead atoms. The van der Waals surface area contributed by atoms with Crippen LogP contribution >= 0.6 is 11.8 Å². The van der Waals surface area contributed by atoms with Gasteiger partial charge < -0.3 is 10.0 Å². The number of anilines is 1. The molecule has 0 saturated heterocycles. The molecule has 2 aliphatic rings. The van der Waals surface area contributed by atoms with Crippen LogP contribution in [0.4, 0.5) is 5.69 Å². The Bertz CT molecular complexity index is 1050. The van der Waals surface area contributed by atoms with E-state index >= 15 is 0 Å². The minimum atomic E-state index is -0.0466. The van der Waals surface area contributed by atoms with Gasteiger partial charge in [-0.3, -0.25) is 9.98 Å². The van der Waals surface area contributed by atoms with Crippen molar-refractivity contribution in [2.45, 2.75) is 16.2 Å². The predicted molar refractivity (Wildman–Crippen MR) is 115 cm³/mol. The fourth-order valence-corrected chi connectivity index (χ4v) is 4.95. The first-order chi connectivity index (χ1) is 13.8. The number of nitrogens with zero attached hydrogens (tertiary/aromatic N) is 3. The van der Waals surface area contributed by atoms with Crippen LogP contribution in [0.15, 0.2) is 88.9 Å². The van der Waals surface area contributed by atoms with E-state index in [0.717, 1.165) is 29.3 Å². The van der Waals surface area contributed by atoms with Crippen molar-refractivity contribution in [3.8, 4) is 5.75 Å². The Morgan fingerprint density at radius 1 is 0.929 bits per heavy atom. The second-order valence-electron chi connectivity index (χ2n) is 6.82. The van der Waals surface area contributed by atoms with E-state index in [0.29, 0.717) is 0 Å². The summed E-state index contributed by atoms with van der Waals surface area (Å²) in [4.78, 5) is 13.0. The van der Waals surface area contributed by atoms with Gasteiger partial charge in [0.05, 0.1) is 16.6 Å². The molecule has 28 heavy (non-hydrogen) atoms. The van der Waals surface area contributed by atoms with E-state index in [1.807, 2.05) is 66.5 Å². The summed E-state index contributed by atoms with van der Waals surface area (Å²) in [6.45, 7) is 0.745. The summed E-state index contributed by atoms with van der Waals surface area (Å²) in [5, 5.41) is 10.7. The molecule has 0 amide bonds. The highest BCUT2D eigenvalue weighted by molar-refractivity contribution is 8.00. The third-order valence-corrected chi connectivity index (χ3v) is 6.27. The standard InChI is InChI=1S/C23H19N3OS/c27-19-11-6-7-16-12-13-21-25-22(18-10-4-5-14-24-18)20(15-26(21)23(16)19)28-17-8-2-1-3-9-17/h1-14,20,22,27H,15H2. The number of fused-ring (bicyclic) bond motifs is 3. The van der Waals surface area contributed by atoms with Crippen LogP contribution in [0, 0.1) is 0 Å². The molecule has 2 aromatic carbocycles. The number of hydrogen-bond donors (Lipinski definition) is 1. The highest BCUT2D eigenvalue weighted by atomic mass is 32.2. The zero-order valence-electron chi connectivity index (χ0n) is 15.1. The lowest BCUT2D eigenvalue weighted by atomic mass is 10.0. The van der Waals surface area contributed by atoms with Crippen LogP contribution in [0.2, 0.25) is 0 Å². The molecule has 2 atom stereocenters. The van der Waals surface area contributed by atoms with Crippen molar-refractivity contribution in [2.24, 2.45) is 4.99 Å². The molecule has 1 aromatic heterocycles. The minimum absolute atomic E-state index is 0.0466. The monoisotopic (exact) mass is 385 g/mol. The molecule has 3 heterocycles. The summed E-state index contributed by atoms with van der Waals surface area (Å²) >= 11 is 1.81. The number of phenols is 1. The van der Waals surface area contributed by atoms with E-state index in [-0.39, 0.29) is 17.0 Å². The van der Waals surface area contributed by atoms with E-state index in [1.54, 1.807) is 6.07 Å². The summed E-state index contributed by atoms with van der Waals surface area (Å²) in [5.41, 5.74) is 2.82. The number of hydrogen-bond acceptors (Lipinski definition) is 5. The summed E-state index contributed by atoms with van der Waals surface area (Å²) in [6, 6.07) is 22.0. The van der Waals surface area contributed by atoms with Crippen LogP contribution in [0.5, 0.6) is 5.75 Å². The molecule has 0 saturated carbocycles. The maximum Gasteiger partial charge on any atom is 0.139 e. The van der Waals surface area contributed by atoms with Crippen molar-refractivity contribution in [1.82, 2.24) is 4.98 Å². The predicted octanol–water partition coefficient (Wildman–Crippen LogP) is 4.93. The van der Waals surface area contributed by atoms with Gasteiger partial charge in [0.1, 0.15) is 17.6 Å². The van der Waals surface area contributed by atoms with E-state index in [4.69, 9.17) is 4.99 Å². The van der Waals surface area contributed by atoms with Gasteiger partial charge in [-0.05, 0) is 42.5 Å². The van der Waals surface area contributed by atoms with Gasteiger partial charge in [0, 0.05) is 23.2 Å². The highest BCUT2D eigenvalue weighted by Crippen LogP contribution is 2.43. The number of rotatable bonds is 3. The fourth-order valence-electron chi connectivity index (χ4n) is 3.73. The lowest BCUT2D eigenvalue weighted by Crippen LogP contribution is -2.44. The number of pyridine rings is 1. The summed E-state index contributed by atoms with van der Waals surface area (Å²) in [6.07, 6.45) is 5.87. The van der Waals surface area contributed by atoms with Crippen molar-refractivity contribution in [2.75, 3.05) is 11.4 Å². The molecule has 0 radical (unpaired) electrons. The van der Waals surface area contributed by atoms with Crippen molar-refractivity contribution in [1.29, 1.82) is 0 Å². The second kappa shape index (κ2) is 7.17. The van der Waals surface area contributed by atoms with Crippen LogP contribution < -0.4 is 4.90 Å². The number of aromatic hydroxyl groups is 1. The van der Waals surface area contributed by atoms with Crippen LogP contribution in [0.1, 0.15) is 17.3 Å². The topological polar surface area (TPSA) is 48.7 Å². The molecule has 138 valence electrons. The fraction of sp³-hybridized carbons (Fsp3) is 0.130. The van der Waals surface area contributed by atoms with Crippen molar-refractivity contribution in [3.05, 3.63) is 90.3 Å². The third-order valence-electron chi connectivity index (χ3n) is 5.01. The lowest BCUT2D eigenvalue weighted by molar-refractivity contribution is 0.474. The Morgan fingerprint density at radius 3 is 2.61 bits per heavy atom. The highest BCUT2D eigenvalue weighted by Gasteiger charge is 2.35. The van der Waals surface area contributed by atoms with Crippen LogP contribution in [0.25, 0.3) is 6.08 Å². The summed E-state index contributed by atoms with van der Waals surface area (Å²) in [7, 11) is 0. The van der Waals surface area contributed by atoms with Crippen LogP contribution in [-0.4, -0.2) is 27.7 Å². The maximum atomic E-state index is 10.5. The molecule has 5 heteroatoms. The molecular weight excluding hydrogens is 366 g/mol. The molecule has 2 unspecified atom stereocenters. The Hall–Kier alpha value is -3.05. The average Bonchev–Trinajstić information content (AvgIpc) is 2.74. The first kappa shape index (κ1) is 17.1. The SMILES string of the molecule is Oc1cccc2c1N1CC(Sc3ccccc3)C(c3ccccn3)N=C1C=C2. The summed E-state index contributed by atoms with van der Waals surface area (Å²) in [5.74, 6) is 1.16. The molecule has 1 N–H and O–H groups in total. The van der Waals surface area contributed by atoms with Crippen molar-refractivity contribution in [3.63, 3.8) is 0 Å². The zero-order chi connectivity index (χ0) is 18.9. The number of para-hydroxylation sites is 1. The second-order valence-corrected chi connectivity index (χ2v) is 8.13.